The van der Waals surface area contributed by atoms with E-state index in [0.29, 0.717) is 6.04 Å². The molecule has 1 aliphatic rings. The predicted octanol–water partition coefficient (Wildman–Crippen LogP) is 1.89. The first kappa shape index (κ1) is 13.1. The van der Waals surface area contributed by atoms with Crippen LogP contribution in [0.4, 0.5) is 5.82 Å². The van der Waals surface area contributed by atoms with Crippen molar-refractivity contribution in [3.05, 3.63) is 35.8 Å². The first-order chi connectivity index (χ1) is 9.78. The van der Waals surface area contributed by atoms with Crippen LogP contribution in [0.2, 0.25) is 0 Å². The SMILES string of the molecule is CNc1cncc([C@@H]2CCCN2Cc2nc[nH]c2C)n1. The Kier molecular flexibility index (Phi) is 3.64. The lowest BCUT2D eigenvalue weighted by molar-refractivity contribution is 0.241. The van der Waals surface area contributed by atoms with Gasteiger partial charge in [-0.05, 0) is 26.3 Å². The van der Waals surface area contributed by atoms with Gasteiger partial charge in [0.15, 0.2) is 0 Å². The zero-order valence-corrected chi connectivity index (χ0v) is 11.9. The lowest BCUT2D eigenvalue weighted by Crippen LogP contribution is -2.24. The van der Waals surface area contributed by atoms with Crippen LogP contribution in [-0.4, -0.2) is 38.4 Å². The fraction of sp³-hybridized carbons (Fsp3) is 0.500. The van der Waals surface area contributed by atoms with E-state index in [0.717, 1.165) is 42.4 Å². The number of rotatable bonds is 4. The van der Waals surface area contributed by atoms with Gasteiger partial charge in [0.2, 0.25) is 0 Å². The molecule has 0 radical (unpaired) electrons. The fourth-order valence-electron chi connectivity index (χ4n) is 2.75. The third-order valence-corrected chi connectivity index (χ3v) is 3.90. The van der Waals surface area contributed by atoms with Gasteiger partial charge >= 0.3 is 0 Å². The van der Waals surface area contributed by atoms with Crippen molar-refractivity contribution in [1.29, 1.82) is 0 Å². The Morgan fingerprint density at radius 1 is 1.45 bits per heavy atom. The number of imidazole rings is 1. The van der Waals surface area contributed by atoms with Crippen LogP contribution in [0.15, 0.2) is 18.7 Å². The lowest BCUT2D eigenvalue weighted by Gasteiger charge is -2.23. The Balaban J connectivity index is 1.79. The minimum atomic E-state index is 0.340. The molecule has 0 amide bonds. The van der Waals surface area contributed by atoms with Gasteiger partial charge in [-0.25, -0.2) is 9.97 Å². The van der Waals surface area contributed by atoms with Gasteiger partial charge in [-0.3, -0.25) is 9.88 Å². The molecule has 20 heavy (non-hydrogen) atoms. The number of hydrogen-bond donors (Lipinski definition) is 2. The Labute approximate surface area is 118 Å². The first-order valence-corrected chi connectivity index (χ1v) is 7.00. The van der Waals surface area contributed by atoms with E-state index in [1.165, 1.54) is 6.42 Å². The van der Waals surface area contributed by atoms with Gasteiger partial charge in [0.25, 0.3) is 0 Å². The van der Waals surface area contributed by atoms with Crippen LogP contribution in [0.5, 0.6) is 0 Å². The van der Waals surface area contributed by atoms with E-state index in [1.54, 1.807) is 12.5 Å². The number of likely N-dealkylation sites (tertiary alicyclic amines) is 1. The lowest BCUT2D eigenvalue weighted by atomic mass is 10.1. The van der Waals surface area contributed by atoms with Gasteiger partial charge in [0.05, 0.1) is 36.2 Å². The van der Waals surface area contributed by atoms with E-state index >= 15 is 0 Å². The van der Waals surface area contributed by atoms with Gasteiger partial charge in [0.1, 0.15) is 5.82 Å². The highest BCUT2D eigenvalue weighted by Gasteiger charge is 2.28. The molecule has 0 saturated carbocycles. The predicted molar refractivity (Wildman–Crippen MR) is 77.3 cm³/mol. The van der Waals surface area contributed by atoms with Gasteiger partial charge in [-0.15, -0.1) is 0 Å². The summed E-state index contributed by atoms with van der Waals surface area (Å²) in [5.41, 5.74) is 3.31. The van der Waals surface area contributed by atoms with Crippen LogP contribution in [0, 0.1) is 6.92 Å². The van der Waals surface area contributed by atoms with Crippen LogP contribution in [0.1, 0.15) is 36.0 Å². The number of nitrogens with one attached hydrogen (secondary N) is 2. The van der Waals surface area contributed by atoms with Crippen LogP contribution < -0.4 is 5.32 Å². The molecule has 1 atom stereocenters. The van der Waals surface area contributed by atoms with Gasteiger partial charge in [0, 0.05) is 19.3 Å². The topological polar surface area (TPSA) is 69.7 Å². The van der Waals surface area contributed by atoms with Crippen LogP contribution in [0.25, 0.3) is 0 Å². The number of hydrogen-bond acceptors (Lipinski definition) is 5. The van der Waals surface area contributed by atoms with E-state index in [1.807, 2.05) is 13.2 Å². The van der Waals surface area contributed by atoms with Gasteiger partial charge < -0.3 is 10.3 Å². The molecule has 0 bridgehead atoms. The Bertz CT molecular complexity index is 579. The fourth-order valence-corrected chi connectivity index (χ4v) is 2.75. The summed E-state index contributed by atoms with van der Waals surface area (Å²) in [5, 5.41) is 3.05. The van der Waals surface area contributed by atoms with Crippen LogP contribution in [0.3, 0.4) is 0 Å². The van der Waals surface area contributed by atoms with Crippen molar-refractivity contribution < 1.29 is 0 Å². The summed E-state index contributed by atoms with van der Waals surface area (Å²) in [6, 6.07) is 0.340. The second-order valence-corrected chi connectivity index (χ2v) is 5.18. The molecule has 3 heterocycles. The molecular weight excluding hydrogens is 252 g/mol. The van der Waals surface area contributed by atoms with E-state index in [2.05, 4.69) is 37.1 Å². The average Bonchev–Trinajstić information content (AvgIpc) is 3.09. The number of anilines is 1. The molecule has 1 fully saturated rings. The molecule has 2 N–H and O–H groups in total. The van der Waals surface area contributed by atoms with Crippen molar-refractivity contribution in [2.24, 2.45) is 0 Å². The van der Waals surface area contributed by atoms with E-state index < -0.39 is 0 Å². The maximum Gasteiger partial charge on any atom is 0.144 e. The van der Waals surface area contributed by atoms with Crippen molar-refractivity contribution in [3.63, 3.8) is 0 Å². The minimum Gasteiger partial charge on any atom is -0.372 e. The second-order valence-electron chi connectivity index (χ2n) is 5.18. The van der Waals surface area contributed by atoms with E-state index in [-0.39, 0.29) is 0 Å². The maximum atomic E-state index is 4.63. The summed E-state index contributed by atoms with van der Waals surface area (Å²) in [4.78, 5) is 18.9. The molecule has 106 valence electrons. The molecule has 3 rings (SSSR count). The van der Waals surface area contributed by atoms with Crippen LogP contribution >= 0.6 is 0 Å². The van der Waals surface area contributed by atoms with Gasteiger partial charge in [-0.1, -0.05) is 0 Å². The molecule has 0 aliphatic carbocycles. The Morgan fingerprint density at radius 2 is 2.35 bits per heavy atom. The molecule has 1 saturated heterocycles. The normalized spacial score (nSPS) is 19.4. The van der Waals surface area contributed by atoms with E-state index in [4.69, 9.17) is 0 Å². The molecule has 1 aliphatic heterocycles. The Morgan fingerprint density at radius 3 is 3.10 bits per heavy atom. The standard InChI is InChI=1S/C14H20N6/c1-10-12(18-9-17-10)8-20-5-3-4-13(20)11-6-16-7-14(15-2)19-11/h6-7,9,13H,3-5,8H2,1-2H3,(H,15,19)(H,17,18)/t13-/m0/s1. The molecule has 2 aromatic heterocycles. The third kappa shape index (κ3) is 2.51. The zero-order valence-electron chi connectivity index (χ0n) is 11.9. The van der Waals surface area contributed by atoms with Crippen molar-refractivity contribution in [1.82, 2.24) is 24.8 Å². The first-order valence-electron chi connectivity index (χ1n) is 7.00. The molecule has 6 nitrogen and oxygen atoms in total. The summed E-state index contributed by atoms with van der Waals surface area (Å²) in [6.07, 6.45) is 7.71. The number of aromatic amines is 1. The third-order valence-electron chi connectivity index (χ3n) is 3.90. The highest BCUT2D eigenvalue weighted by molar-refractivity contribution is 5.31. The summed E-state index contributed by atoms with van der Waals surface area (Å²) < 4.78 is 0. The monoisotopic (exact) mass is 272 g/mol. The van der Waals surface area contributed by atoms with Crippen molar-refractivity contribution in [3.8, 4) is 0 Å². The Hall–Kier alpha value is -1.95. The molecule has 6 heteroatoms. The number of aryl methyl sites for hydroxylation is 1. The molecule has 0 unspecified atom stereocenters. The van der Waals surface area contributed by atoms with Gasteiger partial charge in [-0.2, -0.15) is 0 Å². The van der Waals surface area contributed by atoms with Crippen LogP contribution in [-0.2, 0) is 6.54 Å². The second kappa shape index (κ2) is 5.58. The number of nitrogens with zero attached hydrogens (tertiary/aromatic N) is 4. The summed E-state index contributed by atoms with van der Waals surface area (Å²) in [7, 11) is 1.87. The van der Waals surface area contributed by atoms with E-state index in [9.17, 15) is 0 Å². The maximum absolute atomic E-state index is 4.63. The highest BCUT2D eigenvalue weighted by Crippen LogP contribution is 2.32. The summed E-state index contributed by atoms with van der Waals surface area (Å²) >= 11 is 0. The number of H-pyrrole nitrogens is 1. The zero-order chi connectivity index (χ0) is 13.9. The quantitative estimate of drug-likeness (QED) is 0.889. The minimum absolute atomic E-state index is 0.340. The van der Waals surface area contributed by atoms with Crippen molar-refractivity contribution >= 4 is 5.82 Å². The highest BCUT2D eigenvalue weighted by atomic mass is 15.2. The average molecular weight is 272 g/mol. The van der Waals surface area contributed by atoms with Crippen molar-refractivity contribution in [2.75, 3.05) is 18.9 Å². The molecule has 0 spiro atoms. The van der Waals surface area contributed by atoms with Crippen molar-refractivity contribution in [2.45, 2.75) is 32.4 Å². The molecule has 0 aromatic carbocycles. The smallest absolute Gasteiger partial charge is 0.144 e. The molecule has 2 aromatic rings. The summed E-state index contributed by atoms with van der Waals surface area (Å²) in [5.74, 6) is 0.824. The molecular formula is C14H20N6. The number of aromatic nitrogens is 4. The summed E-state index contributed by atoms with van der Waals surface area (Å²) in [6.45, 7) is 4.02. The largest absolute Gasteiger partial charge is 0.372 e.